The largest absolute Gasteiger partial charge is 0.708 e. The standard InChI is InChI=1S/C2H3BN2O3S/c6-3(7)8-2-1-9-5-4-2/h1,6-7H. The van der Waals surface area contributed by atoms with Crippen LogP contribution < -0.4 is 4.65 Å². The van der Waals surface area contributed by atoms with Gasteiger partial charge in [0.15, 0.2) is 0 Å². The van der Waals surface area contributed by atoms with Crippen LogP contribution in [0.5, 0.6) is 5.88 Å². The van der Waals surface area contributed by atoms with E-state index in [0.717, 1.165) is 11.5 Å². The van der Waals surface area contributed by atoms with E-state index in [9.17, 15) is 0 Å². The summed E-state index contributed by atoms with van der Waals surface area (Å²) in [4.78, 5) is 0. The lowest BCUT2D eigenvalue weighted by Crippen LogP contribution is -2.20. The number of rotatable bonds is 2. The van der Waals surface area contributed by atoms with Gasteiger partial charge in [-0.15, -0.1) is 5.10 Å². The Balaban J connectivity index is 2.48. The maximum absolute atomic E-state index is 8.19. The van der Waals surface area contributed by atoms with Crippen LogP contribution in [-0.2, 0) is 0 Å². The third-order valence-corrected chi connectivity index (χ3v) is 1.05. The van der Waals surface area contributed by atoms with Gasteiger partial charge in [-0.2, -0.15) is 0 Å². The van der Waals surface area contributed by atoms with E-state index in [1.54, 1.807) is 0 Å². The first-order valence-corrected chi connectivity index (χ1v) is 2.92. The number of hydrogen-bond acceptors (Lipinski definition) is 6. The minimum Gasteiger partial charge on any atom is -0.496 e. The van der Waals surface area contributed by atoms with Crippen LogP contribution >= 0.6 is 11.5 Å². The van der Waals surface area contributed by atoms with Crippen molar-refractivity contribution in [3.63, 3.8) is 0 Å². The Morgan fingerprint density at radius 1 is 1.67 bits per heavy atom. The molecule has 0 spiro atoms. The van der Waals surface area contributed by atoms with Crippen LogP contribution in [0.4, 0.5) is 0 Å². The molecule has 1 aromatic rings. The van der Waals surface area contributed by atoms with E-state index in [1.165, 1.54) is 5.38 Å². The Labute approximate surface area is 55.3 Å². The van der Waals surface area contributed by atoms with Crippen LogP contribution in [0.3, 0.4) is 0 Å². The Hall–Kier alpha value is -0.655. The fraction of sp³-hybridized carbons (Fsp3) is 0. The van der Waals surface area contributed by atoms with Crippen molar-refractivity contribution in [2.45, 2.75) is 0 Å². The van der Waals surface area contributed by atoms with Gasteiger partial charge in [-0.25, -0.2) is 0 Å². The van der Waals surface area contributed by atoms with Crippen LogP contribution in [0.1, 0.15) is 0 Å². The van der Waals surface area contributed by atoms with E-state index >= 15 is 0 Å². The van der Waals surface area contributed by atoms with Gasteiger partial charge in [-0.3, -0.25) is 0 Å². The average molecular weight is 146 g/mol. The lowest BCUT2D eigenvalue weighted by atomic mass is 10.3. The fourth-order valence-corrected chi connectivity index (χ4v) is 0.683. The summed E-state index contributed by atoms with van der Waals surface area (Å²) in [6.07, 6.45) is 0. The normalized spacial score (nSPS) is 9.11. The van der Waals surface area contributed by atoms with Gasteiger partial charge < -0.3 is 14.7 Å². The third kappa shape index (κ3) is 1.96. The molecule has 0 saturated heterocycles. The first kappa shape index (κ1) is 6.46. The fourth-order valence-electron chi connectivity index (χ4n) is 0.315. The zero-order valence-electron chi connectivity index (χ0n) is 4.26. The Kier molecular flexibility index (Phi) is 1.98. The van der Waals surface area contributed by atoms with Crippen molar-refractivity contribution in [1.29, 1.82) is 0 Å². The molecule has 7 heteroatoms. The Morgan fingerprint density at radius 3 is 2.89 bits per heavy atom. The van der Waals surface area contributed by atoms with E-state index in [0.29, 0.717) is 0 Å². The lowest BCUT2D eigenvalue weighted by Gasteiger charge is -1.95. The third-order valence-electron chi connectivity index (χ3n) is 0.566. The number of hydrogen-bond donors (Lipinski definition) is 2. The second-order valence-corrected chi connectivity index (χ2v) is 1.80. The maximum Gasteiger partial charge on any atom is 0.708 e. The number of nitrogens with zero attached hydrogens (tertiary/aromatic N) is 2. The topological polar surface area (TPSA) is 75.5 Å². The van der Waals surface area contributed by atoms with Gasteiger partial charge in [0, 0.05) is 0 Å². The van der Waals surface area contributed by atoms with Crippen molar-refractivity contribution in [3.8, 4) is 5.88 Å². The van der Waals surface area contributed by atoms with Crippen LogP contribution in [0, 0.1) is 0 Å². The van der Waals surface area contributed by atoms with Crippen molar-refractivity contribution >= 4 is 18.9 Å². The smallest absolute Gasteiger partial charge is 0.496 e. The molecule has 48 valence electrons. The summed E-state index contributed by atoms with van der Waals surface area (Å²) in [6, 6.07) is 0. The van der Waals surface area contributed by atoms with Gasteiger partial charge in [0.2, 0.25) is 5.88 Å². The molecule has 1 rings (SSSR count). The highest BCUT2D eigenvalue weighted by Crippen LogP contribution is 2.05. The van der Waals surface area contributed by atoms with E-state index in [1.807, 2.05) is 0 Å². The average Bonchev–Trinajstić information content (AvgIpc) is 2.15. The zero-order chi connectivity index (χ0) is 6.69. The van der Waals surface area contributed by atoms with E-state index < -0.39 is 7.32 Å². The molecule has 0 fully saturated rings. The molecule has 0 aromatic carbocycles. The van der Waals surface area contributed by atoms with E-state index in [2.05, 4.69) is 14.2 Å². The second kappa shape index (κ2) is 2.76. The maximum atomic E-state index is 8.19. The first-order valence-electron chi connectivity index (χ1n) is 2.09. The van der Waals surface area contributed by atoms with Crippen molar-refractivity contribution in [3.05, 3.63) is 5.38 Å². The van der Waals surface area contributed by atoms with E-state index in [4.69, 9.17) is 10.0 Å². The monoisotopic (exact) mass is 146 g/mol. The van der Waals surface area contributed by atoms with Crippen molar-refractivity contribution in [2.75, 3.05) is 0 Å². The summed E-state index contributed by atoms with van der Waals surface area (Å²) in [5, 5.41) is 21.2. The molecule has 2 N–H and O–H groups in total. The molecule has 9 heavy (non-hydrogen) atoms. The molecule has 1 heterocycles. The highest BCUT2D eigenvalue weighted by molar-refractivity contribution is 7.03. The van der Waals surface area contributed by atoms with Gasteiger partial charge in [-0.05, 0) is 11.5 Å². The van der Waals surface area contributed by atoms with Crippen LogP contribution in [0.25, 0.3) is 0 Å². The molecule has 1 aromatic heterocycles. The van der Waals surface area contributed by atoms with Crippen LogP contribution in [0.2, 0.25) is 0 Å². The minimum absolute atomic E-state index is 0.120. The Morgan fingerprint density at radius 2 is 2.44 bits per heavy atom. The molecule has 0 amide bonds. The van der Waals surface area contributed by atoms with Gasteiger partial charge >= 0.3 is 7.32 Å². The highest BCUT2D eigenvalue weighted by Gasteiger charge is 2.11. The molecule has 0 unspecified atom stereocenters. The van der Waals surface area contributed by atoms with E-state index in [-0.39, 0.29) is 5.88 Å². The molecule has 0 aliphatic heterocycles. The minimum atomic E-state index is -1.81. The molecular weight excluding hydrogens is 143 g/mol. The summed E-state index contributed by atoms with van der Waals surface area (Å²) >= 11 is 1.07. The summed E-state index contributed by atoms with van der Waals surface area (Å²) in [5.41, 5.74) is 0. The molecular formula is C2H3BN2O3S. The van der Waals surface area contributed by atoms with Crippen molar-refractivity contribution in [1.82, 2.24) is 9.59 Å². The van der Waals surface area contributed by atoms with Gasteiger partial charge in [0.05, 0.1) is 5.38 Å². The summed E-state index contributed by atoms with van der Waals surface area (Å²) < 4.78 is 7.72. The van der Waals surface area contributed by atoms with Gasteiger partial charge in [-0.1, -0.05) is 4.49 Å². The second-order valence-electron chi connectivity index (χ2n) is 1.19. The molecule has 0 bridgehead atoms. The van der Waals surface area contributed by atoms with Crippen LogP contribution in [-0.4, -0.2) is 27.0 Å². The van der Waals surface area contributed by atoms with Crippen LogP contribution in [0.15, 0.2) is 5.38 Å². The molecule has 0 radical (unpaired) electrons. The molecule has 5 nitrogen and oxygen atoms in total. The van der Waals surface area contributed by atoms with Crippen molar-refractivity contribution < 1.29 is 14.7 Å². The molecule has 0 aliphatic rings. The highest BCUT2D eigenvalue weighted by atomic mass is 32.1. The van der Waals surface area contributed by atoms with Gasteiger partial charge in [0.25, 0.3) is 0 Å². The quantitative estimate of drug-likeness (QED) is 0.517. The molecule has 0 aliphatic carbocycles. The zero-order valence-corrected chi connectivity index (χ0v) is 5.08. The summed E-state index contributed by atoms with van der Waals surface area (Å²) in [6.45, 7) is 0. The van der Waals surface area contributed by atoms with Gasteiger partial charge in [0.1, 0.15) is 0 Å². The molecule has 0 atom stereocenters. The summed E-state index contributed by atoms with van der Waals surface area (Å²) in [5.74, 6) is 0.120. The number of aromatic nitrogens is 2. The Bertz CT molecular complexity index is 166. The predicted octanol–water partition coefficient (Wildman–Crippen LogP) is -1.11. The lowest BCUT2D eigenvalue weighted by molar-refractivity contribution is 0.283. The molecule has 0 saturated carbocycles. The first-order chi connectivity index (χ1) is 4.29. The van der Waals surface area contributed by atoms with Crippen molar-refractivity contribution in [2.24, 2.45) is 0 Å². The SMILES string of the molecule is OB(O)Oc1csnn1. The predicted molar refractivity (Wildman–Crippen MR) is 30.7 cm³/mol. The summed E-state index contributed by atoms with van der Waals surface area (Å²) in [7, 11) is -1.81.